The van der Waals surface area contributed by atoms with Gasteiger partial charge in [0.2, 0.25) is 0 Å². The molecule has 0 atom stereocenters. The normalized spacial score (nSPS) is 10.5. The number of anilines is 5. The van der Waals surface area contributed by atoms with Crippen molar-refractivity contribution in [3.8, 4) is 33.8 Å². The molecule has 236 valence electrons. The van der Waals surface area contributed by atoms with E-state index >= 15 is 0 Å². The lowest BCUT2D eigenvalue weighted by Gasteiger charge is -2.29. The topological polar surface area (TPSA) is 62.3 Å². The Morgan fingerprint density at radius 1 is 0.468 bits per heavy atom. The molecule has 0 fully saturated rings. The molecule has 5 aromatic carbocycles. The van der Waals surface area contributed by atoms with Crippen molar-refractivity contribution in [2.75, 3.05) is 42.9 Å². The fraction of sp³-hybridized carbons (Fsp3) is 0.100. The van der Waals surface area contributed by atoms with Gasteiger partial charge in [-0.25, -0.2) is 9.59 Å². The van der Waals surface area contributed by atoms with Crippen LogP contribution in [0.3, 0.4) is 0 Å². The predicted molar refractivity (Wildman–Crippen MR) is 192 cm³/mol. The number of rotatable bonds is 11. The first-order valence-corrected chi connectivity index (χ1v) is 15.0. The quantitative estimate of drug-likeness (QED) is 0.0828. The van der Waals surface area contributed by atoms with Crippen LogP contribution in [0.15, 0.2) is 141 Å². The molecular weight excluding hydrogens is 586 g/mol. The average molecular weight is 624 g/mol. The molecule has 47 heavy (non-hydrogen) atoms. The maximum Gasteiger partial charge on any atom is 0.335 e. The highest BCUT2D eigenvalue weighted by molar-refractivity contribution is 5.85. The Labute approximate surface area is 276 Å². The van der Waals surface area contributed by atoms with Gasteiger partial charge in [0.15, 0.2) is 0 Å². The molecule has 0 N–H and O–H groups in total. The molecule has 0 unspecified atom stereocenters. The molecule has 7 heteroatoms. The zero-order valence-electron chi connectivity index (χ0n) is 27.0. The third-order valence-corrected chi connectivity index (χ3v) is 7.57. The van der Waals surface area contributed by atoms with E-state index in [1.54, 1.807) is 24.3 Å². The summed E-state index contributed by atoms with van der Waals surface area (Å²) in [5, 5.41) is 0. The molecule has 0 heterocycles. The second-order valence-corrected chi connectivity index (χ2v) is 11.2. The summed E-state index contributed by atoms with van der Waals surface area (Å²) in [5.41, 5.74) is 9.23. The summed E-state index contributed by atoms with van der Waals surface area (Å²) in [6.07, 6.45) is 2.29. The molecule has 5 rings (SSSR count). The zero-order valence-corrected chi connectivity index (χ0v) is 27.0. The summed E-state index contributed by atoms with van der Waals surface area (Å²) in [7, 11) is 8.17. The number of hydrogen-bond donors (Lipinski definition) is 0. The third-order valence-electron chi connectivity index (χ3n) is 7.57. The number of carbonyl (C=O) groups excluding carboxylic acids is 2. The predicted octanol–water partition coefficient (Wildman–Crippen LogP) is 8.81. The maximum absolute atomic E-state index is 11.6. The Kier molecular flexibility index (Phi) is 9.87. The second kappa shape index (κ2) is 14.3. The Hall–Kier alpha value is -6.08. The third kappa shape index (κ3) is 7.78. The number of esters is 2. The van der Waals surface area contributed by atoms with Crippen LogP contribution in [0.2, 0.25) is 0 Å². The van der Waals surface area contributed by atoms with E-state index in [2.05, 4.69) is 94.6 Å². The van der Waals surface area contributed by atoms with Crippen molar-refractivity contribution in [2.45, 2.75) is 0 Å². The number of nitrogens with zero attached hydrogens (tertiary/aromatic N) is 3. The highest BCUT2D eigenvalue weighted by atomic mass is 16.5. The second-order valence-electron chi connectivity index (χ2n) is 11.2. The highest BCUT2D eigenvalue weighted by Gasteiger charge is 2.16. The van der Waals surface area contributed by atoms with Crippen molar-refractivity contribution >= 4 is 40.4 Å². The maximum atomic E-state index is 11.6. The Bertz CT molecular complexity index is 1740. The summed E-state index contributed by atoms with van der Waals surface area (Å²) in [6.45, 7) is 6.89. The van der Waals surface area contributed by atoms with Gasteiger partial charge in [0.25, 0.3) is 0 Å². The van der Waals surface area contributed by atoms with Gasteiger partial charge in [-0.15, -0.1) is 0 Å². The van der Waals surface area contributed by atoms with Gasteiger partial charge in [-0.1, -0.05) is 61.7 Å². The fourth-order valence-electron chi connectivity index (χ4n) is 5.02. The summed E-state index contributed by atoms with van der Waals surface area (Å²) < 4.78 is 10.4. The van der Waals surface area contributed by atoms with Crippen LogP contribution in [-0.4, -0.2) is 40.1 Å². The van der Waals surface area contributed by atoms with Crippen LogP contribution in [-0.2, 0) is 9.59 Å². The molecule has 7 nitrogen and oxygen atoms in total. The van der Waals surface area contributed by atoms with E-state index in [1.807, 2.05) is 52.5 Å². The first-order chi connectivity index (χ1) is 22.6. The van der Waals surface area contributed by atoms with Gasteiger partial charge in [-0.05, 0) is 89.0 Å². The zero-order chi connectivity index (χ0) is 33.5. The van der Waals surface area contributed by atoms with Crippen LogP contribution in [0.4, 0.5) is 28.4 Å². The van der Waals surface area contributed by atoms with Crippen LogP contribution >= 0.6 is 0 Å². The van der Waals surface area contributed by atoms with Crippen molar-refractivity contribution in [3.63, 3.8) is 0 Å². The molecule has 0 aromatic heterocycles. The van der Waals surface area contributed by atoms with Gasteiger partial charge in [0.1, 0.15) is 11.5 Å². The molecule has 0 saturated heterocycles. The molecule has 0 aliphatic rings. The van der Waals surface area contributed by atoms with Gasteiger partial charge >= 0.3 is 11.9 Å². The Morgan fingerprint density at radius 3 is 1.06 bits per heavy atom. The van der Waals surface area contributed by atoms with Gasteiger partial charge in [0.05, 0.1) is 5.69 Å². The summed E-state index contributed by atoms with van der Waals surface area (Å²) in [5.74, 6) is -0.0465. The van der Waals surface area contributed by atoms with Crippen LogP contribution in [0.5, 0.6) is 11.5 Å². The molecule has 0 aliphatic carbocycles. The average Bonchev–Trinajstić information content (AvgIpc) is 3.09. The molecule has 0 saturated carbocycles. The van der Waals surface area contributed by atoms with Crippen molar-refractivity contribution < 1.29 is 19.1 Å². The minimum atomic E-state index is -0.490. The van der Waals surface area contributed by atoms with E-state index in [0.29, 0.717) is 11.5 Å². The number of ether oxygens (including phenoxy) is 2. The van der Waals surface area contributed by atoms with Gasteiger partial charge in [-0.3, -0.25) is 0 Å². The van der Waals surface area contributed by atoms with Crippen molar-refractivity contribution in [3.05, 3.63) is 141 Å². The largest absolute Gasteiger partial charge is 0.423 e. The van der Waals surface area contributed by atoms with Gasteiger partial charge in [0, 0.05) is 63.1 Å². The minimum absolute atomic E-state index is 0.467. The Balaban J connectivity index is 1.51. The van der Waals surface area contributed by atoms with E-state index in [9.17, 15) is 9.59 Å². The van der Waals surface area contributed by atoms with Crippen molar-refractivity contribution in [1.82, 2.24) is 0 Å². The smallest absolute Gasteiger partial charge is 0.335 e. The first kappa shape index (κ1) is 32.3. The van der Waals surface area contributed by atoms with Crippen LogP contribution < -0.4 is 24.2 Å². The Morgan fingerprint density at radius 2 is 0.766 bits per heavy atom. The van der Waals surface area contributed by atoms with Crippen molar-refractivity contribution in [2.24, 2.45) is 0 Å². The molecular formula is C40H37N3O4. The van der Waals surface area contributed by atoms with Gasteiger partial charge < -0.3 is 24.2 Å². The molecule has 0 radical (unpaired) electrons. The highest BCUT2D eigenvalue weighted by Crippen LogP contribution is 2.40. The molecule has 0 amide bonds. The first-order valence-electron chi connectivity index (χ1n) is 15.0. The monoisotopic (exact) mass is 623 g/mol. The van der Waals surface area contributed by atoms with Crippen LogP contribution in [0, 0.1) is 0 Å². The SMILES string of the molecule is C=CC(=O)Oc1ccc(-c2ccc(N(c3ccc(-c4ccc(OC(=O)C=C)cc4)cc3)c3cc(N(C)C)cc(N(C)C)c3)cc2)cc1. The van der Waals surface area contributed by atoms with Crippen molar-refractivity contribution in [1.29, 1.82) is 0 Å². The number of hydrogen-bond acceptors (Lipinski definition) is 7. The number of benzene rings is 5. The molecule has 5 aromatic rings. The lowest BCUT2D eigenvalue weighted by Crippen LogP contribution is -2.16. The van der Waals surface area contributed by atoms with E-state index < -0.39 is 11.9 Å². The van der Waals surface area contributed by atoms with Crippen LogP contribution in [0.1, 0.15) is 0 Å². The molecule has 0 spiro atoms. The van der Waals surface area contributed by atoms with E-state index in [4.69, 9.17) is 9.47 Å². The van der Waals surface area contributed by atoms with E-state index in [1.165, 1.54) is 0 Å². The lowest BCUT2D eigenvalue weighted by molar-refractivity contribution is -0.129. The van der Waals surface area contributed by atoms with Crippen LogP contribution in [0.25, 0.3) is 22.3 Å². The summed E-state index contributed by atoms with van der Waals surface area (Å²) in [6, 6.07) is 38.1. The number of carbonyl (C=O) groups is 2. The lowest BCUT2D eigenvalue weighted by atomic mass is 10.0. The van der Waals surface area contributed by atoms with Gasteiger partial charge in [-0.2, -0.15) is 0 Å². The van der Waals surface area contributed by atoms with E-state index in [0.717, 1.165) is 62.8 Å². The molecule has 0 bridgehead atoms. The minimum Gasteiger partial charge on any atom is -0.423 e. The summed E-state index contributed by atoms with van der Waals surface area (Å²) in [4.78, 5) is 29.6. The molecule has 0 aliphatic heterocycles. The standard InChI is InChI=1S/C40H37N3O4/c1-7-39(44)46-37-21-13-30(14-22-37)28-9-17-32(18-10-28)43(36-26-34(41(3)4)25-35(27-36)42(5)6)33-19-11-29(12-20-33)31-15-23-38(24-16-31)47-40(45)8-2/h7-27H,1-2H2,3-6H3. The fourth-order valence-corrected chi connectivity index (χ4v) is 5.02. The van der Waals surface area contributed by atoms with E-state index in [-0.39, 0.29) is 0 Å². The summed E-state index contributed by atoms with van der Waals surface area (Å²) >= 11 is 0.